The molecule has 0 aliphatic carbocycles. The number of nitrogens with zero attached hydrogens (tertiary/aromatic N) is 2. The lowest BCUT2D eigenvalue weighted by atomic mass is 10.3. The van der Waals surface area contributed by atoms with E-state index < -0.39 is 24.0 Å². The molecule has 5 nitrogen and oxygen atoms in total. The molecular weight excluding hydrogens is 270 g/mol. The number of alkyl halides is 4. The Morgan fingerprint density at radius 1 is 1.26 bits per heavy atom. The number of rotatable bonds is 4. The number of aromatic nitrogens is 3. The topological polar surface area (TPSA) is 59.9 Å². The molecule has 0 fully saturated rings. The second-order valence-electron chi connectivity index (χ2n) is 3.49. The number of hydrogen-bond acceptors (Lipinski definition) is 3. The summed E-state index contributed by atoms with van der Waals surface area (Å²) in [5, 5.41) is 5.62. The highest BCUT2D eigenvalue weighted by atomic mass is 19.3. The molecule has 1 heterocycles. The van der Waals surface area contributed by atoms with Gasteiger partial charge in [0.1, 0.15) is 12.1 Å². The predicted octanol–water partition coefficient (Wildman–Crippen LogP) is 1.80. The predicted molar refractivity (Wildman–Crippen MR) is 55.8 cm³/mol. The van der Waals surface area contributed by atoms with Crippen molar-refractivity contribution in [3.63, 3.8) is 0 Å². The van der Waals surface area contributed by atoms with Crippen LogP contribution in [0.5, 0.6) is 5.75 Å². The first-order valence-corrected chi connectivity index (χ1v) is 4.97. The number of H-pyrrole nitrogens is 1. The molecule has 2 aromatic rings. The Hall–Kier alpha value is -2.32. The molecule has 0 spiro atoms. The number of nitrogens with one attached hydrogen (secondary N) is 1. The Balaban J connectivity index is 2.20. The zero-order valence-corrected chi connectivity index (χ0v) is 9.19. The molecule has 9 heteroatoms. The maximum Gasteiger partial charge on any atom is 0.461 e. The van der Waals surface area contributed by atoms with Crippen molar-refractivity contribution in [3.8, 4) is 11.4 Å². The maximum atomic E-state index is 12.6. The van der Waals surface area contributed by atoms with Gasteiger partial charge in [0.2, 0.25) is 0 Å². The highest BCUT2D eigenvalue weighted by Crippen LogP contribution is 2.27. The monoisotopic (exact) mass is 277 g/mol. The molecule has 1 aromatic heterocycles. The zero-order valence-electron chi connectivity index (χ0n) is 9.19. The standard InChI is InChI=1S/C10H7F4N3O2/c11-8(12)10(13,14)19-7-3-1-6(2-4-7)17-5-15-16-9(17)18/h1-5,8H,(H,16,18). The summed E-state index contributed by atoms with van der Waals surface area (Å²) in [5.41, 5.74) is -0.196. The van der Waals surface area contributed by atoms with Crippen LogP contribution >= 0.6 is 0 Å². The first kappa shape index (κ1) is 13.1. The van der Waals surface area contributed by atoms with Crippen molar-refractivity contribution in [2.75, 3.05) is 0 Å². The second kappa shape index (κ2) is 4.75. The van der Waals surface area contributed by atoms with E-state index in [1.807, 2.05) is 0 Å². The van der Waals surface area contributed by atoms with Crippen molar-refractivity contribution >= 4 is 0 Å². The third-order valence-electron chi connectivity index (χ3n) is 2.18. The van der Waals surface area contributed by atoms with Crippen molar-refractivity contribution in [1.29, 1.82) is 0 Å². The second-order valence-corrected chi connectivity index (χ2v) is 3.49. The summed E-state index contributed by atoms with van der Waals surface area (Å²) in [7, 11) is 0. The molecule has 2 rings (SSSR count). The van der Waals surface area contributed by atoms with E-state index in [0.29, 0.717) is 5.69 Å². The van der Waals surface area contributed by atoms with Gasteiger partial charge in [-0.15, -0.1) is 0 Å². The van der Waals surface area contributed by atoms with E-state index >= 15 is 0 Å². The van der Waals surface area contributed by atoms with E-state index in [-0.39, 0.29) is 0 Å². The van der Waals surface area contributed by atoms with Crippen LogP contribution in [-0.2, 0) is 0 Å². The van der Waals surface area contributed by atoms with Crippen LogP contribution in [0.1, 0.15) is 0 Å². The minimum atomic E-state index is -4.56. The zero-order chi connectivity index (χ0) is 14.0. The highest BCUT2D eigenvalue weighted by molar-refractivity contribution is 5.37. The van der Waals surface area contributed by atoms with Crippen LogP contribution in [-0.4, -0.2) is 27.3 Å². The van der Waals surface area contributed by atoms with Gasteiger partial charge in [0.15, 0.2) is 0 Å². The van der Waals surface area contributed by atoms with Gasteiger partial charge in [-0.25, -0.2) is 14.5 Å². The Morgan fingerprint density at radius 2 is 1.89 bits per heavy atom. The fraction of sp³-hybridized carbons (Fsp3) is 0.200. The van der Waals surface area contributed by atoms with E-state index in [1.54, 1.807) is 0 Å². The van der Waals surface area contributed by atoms with E-state index in [0.717, 1.165) is 16.7 Å². The lowest BCUT2D eigenvalue weighted by Gasteiger charge is -2.16. The SMILES string of the molecule is O=c1[nH]ncn1-c1ccc(OC(F)(F)C(F)F)cc1. The molecule has 1 aromatic carbocycles. The lowest BCUT2D eigenvalue weighted by Crippen LogP contribution is -2.33. The van der Waals surface area contributed by atoms with E-state index in [2.05, 4.69) is 14.9 Å². The number of aromatic amines is 1. The van der Waals surface area contributed by atoms with Crippen molar-refractivity contribution in [1.82, 2.24) is 14.8 Å². The van der Waals surface area contributed by atoms with Crippen LogP contribution in [0.4, 0.5) is 17.6 Å². The molecular formula is C10H7F4N3O2. The third kappa shape index (κ3) is 2.75. The number of halogens is 4. The van der Waals surface area contributed by atoms with Crippen molar-refractivity contribution in [3.05, 3.63) is 41.1 Å². The molecule has 0 bridgehead atoms. The fourth-order valence-corrected chi connectivity index (χ4v) is 1.31. The molecule has 0 aliphatic heterocycles. The van der Waals surface area contributed by atoms with Crippen LogP contribution < -0.4 is 10.4 Å². The maximum absolute atomic E-state index is 12.6. The van der Waals surface area contributed by atoms with Crippen LogP contribution in [0, 0.1) is 0 Å². The summed E-state index contributed by atoms with van der Waals surface area (Å²) < 4.78 is 54.1. The normalized spacial score (nSPS) is 11.8. The molecule has 0 aliphatic rings. The fourth-order valence-electron chi connectivity index (χ4n) is 1.31. The number of ether oxygens (including phenoxy) is 1. The van der Waals surface area contributed by atoms with Crippen molar-refractivity contribution < 1.29 is 22.3 Å². The Labute approximate surface area is 103 Å². The Kier molecular flexibility index (Phi) is 3.28. The molecule has 0 saturated carbocycles. The van der Waals surface area contributed by atoms with Gasteiger partial charge < -0.3 is 4.74 Å². The number of hydrogen-bond donors (Lipinski definition) is 1. The third-order valence-corrected chi connectivity index (χ3v) is 2.18. The molecule has 0 amide bonds. The summed E-state index contributed by atoms with van der Waals surface area (Å²) in [6.07, 6.45) is -7.30. The Morgan fingerprint density at radius 3 is 2.37 bits per heavy atom. The summed E-state index contributed by atoms with van der Waals surface area (Å²) >= 11 is 0. The lowest BCUT2D eigenvalue weighted by molar-refractivity contribution is -0.253. The minimum absolute atomic E-state index is 0.325. The van der Waals surface area contributed by atoms with E-state index in [1.165, 1.54) is 18.5 Å². The summed E-state index contributed by atoms with van der Waals surface area (Å²) in [4.78, 5) is 11.2. The van der Waals surface area contributed by atoms with Gasteiger partial charge in [-0.1, -0.05) is 0 Å². The molecule has 102 valence electrons. The quantitative estimate of drug-likeness (QED) is 0.867. The largest absolute Gasteiger partial charge is 0.461 e. The summed E-state index contributed by atoms with van der Waals surface area (Å²) in [6.45, 7) is 0. The van der Waals surface area contributed by atoms with Gasteiger partial charge in [0, 0.05) is 0 Å². The van der Waals surface area contributed by atoms with Gasteiger partial charge in [-0.3, -0.25) is 0 Å². The van der Waals surface area contributed by atoms with Gasteiger partial charge >= 0.3 is 18.2 Å². The summed E-state index contributed by atoms with van der Waals surface area (Å²) in [6, 6.07) is 4.61. The van der Waals surface area contributed by atoms with Crippen LogP contribution in [0.15, 0.2) is 35.4 Å². The first-order valence-electron chi connectivity index (χ1n) is 4.97. The van der Waals surface area contributed by atoms with Crippen LogP contribution in [0.3, 0.4) is 0 Å². The average molecular weight is 277 g/mol. The van der Waals surface area contributed by atoms with Crippen LogP contribution in [0.2, 0.25) is 0 Å². The summed E-state index contributed by atoms with van der Waals surface area (Å²) in [5.74, 6) is -0.439. The van der Waals surface area contributed by atoms with Crippen molar-refractivity contribution in [2.24, 2.45) is 0 Å². The number of benzene rings is 1. The molecule has 0 unspecified atom stereocenters. The van der Waals surface area contributed by atoms with Gasteiger partial charge in [-0.05, 0) is 24.3 Å². The first-order chi connectivity index (χ1) is 8.90. The highest BCUT2D eigenvalue weighted by Gasteiger charge is 2.43. The molecule has 1 N–H and O–H groups in total. The van der Waals surface area contributed by atoms with Crippen molar-refractivity contribution in [2.45, 2.75) is 12.5 Å². The molecule has 0 saturated heterocycles. The van der Waals surface area contributed by atoms with E-state index in [9.17, 15) is 22.4 Å². The minimum Gasteiger partial charge on any atom is -0.428 e. The molecule has 0 radical (unpaired) electrons. The molecule has 0 atom stereocenters. The van der Waals surface area contributed by atoms with Gasteiger partial charge in [0.25, 0.3) is 0 Å². The average Bonchev–Trinajstić information content (AvgIpc) is 2.76. The van der Waals surface area contributed by atoms with Gasteiger partial charge in [0.05, 0.1) is 5.69 Å². The Bertz CT molecular complexity index is 606. The van der Waals surface area contributed by atoms with Gasteiger partial charge in [-0.2, -0.15) is 22.7 Å². The van der Waals surface area contributed by atoms with Crippen LogP contribution in [0.25, 0.3) is 5.69 Å². The molecule has 19 heavy (non-hydrogen) atoms. The van der Waals surface area contributed by atoms with E-state index in [4.69, 9.17) is 0 Å². The smallest absolute Gasteiger partial charge is 0.428 e.